The van der Waals surface area contributed by atoms with E-state index in [-0.39, 0.29) is 0 Å². The van der Waals surface area contributed by atoms with Crippen LogP contribution in [0, 0.1) is 0 Å². The number of carbonyl (C=O) groups excluding carboxylic acids is 2. The number of nitrogens with two attached hydrogens (primary N) is 2. The molecule has 78 valence electrons. The summed E-state index contributed by atoms with van der Waals surface area (Å²) in [5, 5.41) is 0. The molecule has 4 heteroatoms. The first-order valence-corrected chi connectivity index (χ1v) is 4.55. The van der Waals surface area contributed by atoms with E-state index in [4.69, 9.17) is 11.5 Å². The van der Waals surface area contributed by atoms with E-state index < -0.39 is 11.8 Å². The molecule has 0 aliphatic carbocycles. The van der Waals surface area contributed by atoms with Crippen molar-refractivity contribution in [3.05, 3.63) is 24.3 Å². The maximum absolute atomic E-state index is 10.3. The van der Waals surface area contributed by atoms with Crippen molar-refractivity contribution in [2.45, 2.75) is 25.7 Å². The predicted octanol–water partition coefficient (Wildman–Crippen LogP) is 0.630. The van der Waals surface area contributed by atoms with Crippen molar-refractivity contribution in [2.75, 3.05) is 0 Å². The quantitative estimate of drug-likeness (QED) is 0.462. The van der Waals surface area contributed by atoms with Gasteiger partial charge < -0.3 is 11.5 Å². The highest BCUT2D eigenvalue weighted by atomic mass is 16.1. The molecular weight excluding hydrogens is 180 g/mol. The van der Waals surface area contributed by atoms with E-state index in [2.05, 4.69) is 0 Å². The van der Waals surface area contributed by atoms with Crippen LogP contribution in [-0.2, 0) is 9.59 Å². The Hall–Kier alpha value is -1.58. The Labute approximate surface area is 83.6 Å². The maximum Gasteiger partial charge on any atom is 0.241 e. The molecular formula is C10H16N2O2. The van der Waals surface area contributed by atoms with Crippen LogP contribution < -0.4 is 11.5 Å². The lowest BCUT2D eigenvalue weighted by Gasteiger charge is -1.91. The van der Waals surface area contributed by atoms with Crippen LogP contribution in [0.15, 0.2) is 24.3 Å². The molecule has 0 saturated carbocycles. The van der Waals surface area contributed by atoms with Crippen LogP contribution in [0.2, 0.25) is 0 Å². The van der Waals surface area contributed by atoms with Crippen LogP contribution in [0.5, 0.6) is 0 Å². The fraction of sp³-hybridized carbons (Fsp3) is 0.400. The van der Waals surface area contributed by atoms with Gasteiger partial charge in [0.2, 0.25) is 11.8 Å². The zero-order valence-electron chi connectivity index (χ0n) is 8.11. The van der Waals surface area contributed by atoms with Gasteiger partial charge in [0.1, 0.15) is 0 Å². The molecule has 0 saturated heterocycles. The zero-order chi connectivity index (χ0) is 10.8. The van der Waals surface area contributed by atoms with Gasteiger partial charge in [0.25, 0.3) is 0 Å². The predicted molar refractivity (Wildman–Crippen MR) is 55.1 cm³/mol. The van der Waals surface area contributed by atoms with Crippen molar-refractivity contribution < 1.29 is 9.59 Å². The molecule has 0 aliphatic heterocycles. The number of hydrogen-bond acceptors (Lipinski definition) is 2. The van der Waals surface area contributed by atoms with Crippen LogP contribution in [-0.4, -0.2) is 11.8 Å². The largest absolute Gasteiger partial charge is 0.366 e. The first-order chi connectivity index (χ1) is 6.63. The number of allylic oxidation sites excluding steroid dienone is 2. The van der Waals surface area contributed by atoms with Gasteiger partial charge in [-0.05, 0) is 37.8 Å². The van der Waals surface area contributed by atoms with E-state index in [9.17, 15) is 9.59 Å². The summed E-state index contributed by atoms with van der Waals surface area (Å²) >= 11 is 0. The number of unbranched alkanes of at least 4 members (excludes halogenated alkanes) is 3. The Morgan fingerprint density at radius 1 is 0.857 bits per heavy atom. The highest BCUT2D eigenvalue weighted by Gasteiger charge is 1.86. The maximum atomic E-state index is 10.3. The first-order valence-electron chi connectivity index (χ1n) is 4.55. The molecule has 0 aliphatic rings. The highest BCUT2D eigenvalue weighted by molar-refractivity contribution is 5.85. The van der Waals surface area contributed by atoms with Gasteiger partial charge in [-0.2, -0.15) is 0 Å². The lowest BCUT2D eigenvalue weighted by atomic mass is 10.2. The summed E-state index contributed by atoms with van der Waals surface area (Å²) in [5.41, 5.74) is 9.80. The van der Waals surface area contributed by atoms with Gasteiger partial charge in [-0.3, -0.25) is 9.59 Å². The topological polar surface area (TPSA) is 86.2 Å². The molecule has 0 heterocycles. The van der Waals surface area contributed by atoms with E-state index in [0.29, 0.717) is 0 Å². The summed E-state index contributed by atoms with van der Waals surface area (Å²) in [6.07, 6.45) is 9.80. The van der Waals surface area contributed by atoms with Gasteiger partial charge in [-0.1, -0.05) is 12.2 Å². The van der Waals surface area contributed by atoms with Gasteiger partial charge in [0.15, 0.2) is 0 Å². The van der Waals surface area contributed by atoms with E-state index in [0.717, 1.165) is 25.7 Å². The molecule has 0 aromatic rings. The van der Waals surface area contributed by atoms with Crippen molar-refractivity contribution in [1.82, 2.24) is 0 Å². The molecule has 4 N–H and O–H groups in total. The van der Waals surface area contributed by atoms with E-state index in [1.807, 2.05) is 0 Å². The van der Waals surface area contributed by atoms with Crippen molar-refractivity contribution >= 4 is 11.8 Å². The molecule has 0 spiro atoms. The second-order valence-electron chi connectivity index (χ2n) is 2.89. The Morgan fingerprint density at radius 3 is 1.50 bits per heavy atom. The lowest BCUT2D eigenvalue weighted by Crippen LogP contribution is -2.05. The van der Waals surface area contributed by atoms with Gasteiger partial charge in [0.05, 0.1) is 0 Å². The SMILES string of the molecule is NC(=O)/C=C/CCCC/C=C/C(N)=O. The molecule has 0 unspecified atom stereocenters. The highest BCUT2D eigenvalue weighted by Crippen LogP contribution is 2.01. The fourth-order valence-corrected chi connectivity index (χ4v) is 0.923. The van der Waals surface area contributed by atoms with Crippen molar-refractivity contribution in [2.24, 2.45) is 11.5 Å². The van der Waals surface area contributed by atoms with E-state index in [1.54, 1.807) is 12.2 Å². The smallest absolute Gasteiger partial charge is 0.241 e. The van der Waals surface area contributed by atoms with Crippen LogP contribution in [0.1, 0.15) is 25.7 Å². The third-order valence-electron chi connectivity index (χ3n) is 1.56. The average Bonchev–Trinajstić information content (AvgIpc) is 2.08. The Morgan fingerprint density at radius 2 is 1.21 bits per heavy atom. The lowest BCUT2D eigenvalue weighted by molar-refractivity contribution is -0.114. The van der Waals surface area contributed by atoms with E-state index in [1.165, 1.54) is 12.2 Å². The Balaban J connectivity index is 3.30. The molecule has 14 heavy (non-hydrogen) atoms. The summed E-state index contributed by atoms with van der Waals surface area (Å²) in [7, 11) is 0. The zero-order valence-corrected chi connectivity index (χ0v) is 8.11. The average molecular weight is 196 g/mol. The van der Waals surface area contributed by atoms with Crippen molar-refractivity contribution in [3.63, 3.8) is 0 Å². The van der Waals surface area contributed by atoms with Gasteiger partial charge in [-0.15, -0.1) is 0 Å². The number of rotatable bonds is 7. The Bertz CT molecular complexity index is 219. The third-order valence-corrected chi connectivity index (χ3v) is 1.56. The molecule has 0 aromatic carbocycles. The van der Waals surface area contributed by atoms with Crippen molar-refractivity contribution in [3.8, 4) is 0 Å². The molecule has 2 amide bonds. The van der Waals surface area contributed by atoms with Gasteiger partial charge >= 0.3 is 0 Å². The van der Waals surface area contributed by atoms with Crippen LogP contribution in [0.3, 0.4) is 0 Å². The van der Waals surface area contributed by atoms with Crippen LogP contribution in [0.4, 0.5) is 0 Å². The molecule has 4 nitrogen and oxygen atoms in total. The molecule has 0 aromatic heterocycles. The minimum atomic E-state index is -0.418. The normalized spacial score (nSPS) is 11.1. The summed E-state index contributed by atoms with van der Waals surface area (Å²) in [4.78, 5) is 20.6. The van der Waals surface area contributed by atoms with Crippen LogP contribution >= 0.6 is 0 Å². The first kappa shape index (κ1) is 12.4. The summed E-state index contributed by atoms with van der Waals surface area (Å²) in [5.74, 6) is -0.836. The number of hydrogen-bond donors (Lipinski definition) is 2. The van der Waals surface area contributed by atoms with Gasteiger partial charge in [-0.25, -0.2) is 0 Å². The standard InChI is InChI=1S/C10H16N2O2/c11-9(13)7-5-3-1-2-4-6-8-10(12)14/h5-8H,1-4H2,(H2,11,13)(H2,12,14)/b7-5+,8-6+. The third kappa shape index (κ3) is 10.4. The number of carbonyl (C=O) groups is 2. The summed E-state index contributed by atoms with van der Waals surface area (Å²) < 4.78 is 0. The van der Waals surface area contributed by atoms with Crippen molar-refractivity contribution in [1.29, 1.82) is 0 Å². The number of primary amides is 2. The molecule has 0 rings (SSSR count). The monoisotopic (exact) mass is 196 g/mol. The molecule has 0 bridgehead atoms. The fourth-order valence-electron chi connectivity index (χ4n) is 0.923. The van der Waals surface area contributed by atoms with Gasteiger partial charge in [0, 0.05) is 0 Å². The van der Waals surface area contributed by atoms with E-state index >= 15 is 0 Å². The second kappa shape index (κ2) is 8.04. The molecule has 0 atom stereocenters. The van der Waals surface area contributed by atoms with Crippen LogP contribution in [0.25, 0.3) is 0 Å². The minimum Gasteiger partial charge on any atom is -0.366 e. The minimum absolute atomic E-state index is 0.418. The summed E-state index contributed by atoms with van der Waals surface area (Å²) in [6, 6.07) is 0. The summed E-state index contributed by atoms with van der Waals surface area (Å²) in [6.45, 7) is 0. The number of amides is 2. The second-order valence-corrected chi connectivity index (χ2v) is 2.89. The molecule has 0 fully saturated rings. The molecule has 0 radical (unpaired) electrons. The Kier molecular flexibility index (Phi) is 7.13.